The van der Waals surface area contributed by atoms with Crippen LogP contribution in [0.15, 0.2) is 24.5 Å². The van der Waals surface area contributed by atoms with Crippen molar-refractivity contribution in [3.8, 4) is 0 Å². The normalized spacial score (nSPS) is 30.1. The zero-order valence-electron chi connectivity index (χ0n) is 18.9. The number of halogens is 6. The van der Waals surface area contributed by atoms with E-state index in [0.717, 1.165) is 4.68 Å². The molecule has 3 aliphatic rings. The predicted molar refractivity (Wildman–Crippen MR) is 127 cm³/mol. The largest absolute Gasteiger partial charge is 0.377 e. The Bertz CT molecular complexity index is 1310. The molecule has 4 heterocycles. The molecule has 2 aliphatic heterocycles. The van der Waals surface area contributed by atoms with Crippen LogP contribution in [-0.2, 0) is 4.74 Å². The van der Waals surface area contributed by atoms with E-state index in [4.69, 9.17) is 27.9 Å². The minimum absolute atomic E-state index is 0.0351. The van der Waals surface area contributed by atoms with Crippen molar-refractivity contribution in [2.45, 2.75) is 49.1 Å². The zero-order chi connectivity index (χ0) is 25.2. The van der Waals surface area contributed by atoms with Crippen molar-refractivity contribution in [3.63, 3.8) is 0 Å². The van der Waals surface area contributed by atoms with Gasteiger partial charge in [-0.05, 0) is 30.7 Å². The van der Waals surface area contributed by atoms with Gasteiger partial charge in [0.05, 0.1) is 36.7 Å². The van der Waals surface area contributed by atoms with Crippen LogP contribution in [0, 0.1) is 0 Å². The second kappa shape index (κ2) is 8.97. The van der Waals surface area contributed by atoms with Gasteiger partial charge in [-0.15, -0.1) is 0 Å². The Morgan fingerprint density at radius 2 is 1.92 bits per heavy atom. The molecule has 0 radical (unpaired) electrons. The molecule has 5 unspecified atom stereocenters. The van der Waals surface area contributed by atoms with Crippen molar-refractivity contribution in [3.05, 3.63) is 40.3 Å². The Morgan fingerprint density at radius 1 is 1.11 bits per heavy atom. The van der Waals surface area contributed by atoms with Crippen LogP contribution < -0.4 is 5.32 Å². The van der Waals surface area contributed by atoms with Crippen molar-refractivity contribution >= 4 is 45.7 Å². The van der Waals surface area contributed by atoms with E-state index in [1.54, 1.807) is 18.3 Å². The summed E-state index contributed by atoms with van der Waals surface area (Å²) in [7, 11) is 0. The lowest BCUT2D eigenvalue weighted by Crippen LogP contribution is -2.49. The van der Waals surface area contributed by atoms with Gasteiger partial charge in [-0.2, -0.15) is 5.10 Å². The maximum Gasteiger partial charge on any atom is 0.272 e. The van der Waals surface area contributed by atoms with Gasteiger partial charge in [0, 0.05) is 35.5 Å². The molecule has 36 heavy (non-hydrogen) atoms. The maximum atomic E-state index is 15.3. The molecule has 13 heteroatoms. The van der Waals surface area contributed by atoms with Crippen LogP contribution in [0.3, 0.4) is 0 Å². The summed E-state index contributed by atoms with van der Waals surface area (Å²) in [5.74, 6) is -3.09. The number of rotatable bonds is 5. The smallest absolute Gasteiger partial charge is 0.272 e. The fourth-order valence-corrected chi connectivity index (χ4v) is 5.65. The van der Waals surface area contributed by atoms with Gasteiger partial charge >= 0.3 is 0 Å². The number of hydrogen-bond donors (Lipinski definition) is 1. The lowest BCUT2D eigenvalue weighted by molar-refractivity contribution is 0.0582. The number of piperidine rings is 1. The van der Waals surface area contributed by atoms with E-state index in [1.165, 1.54) is 6.20 Å². The number of nitrogens with zero attached hydrogens (tertiary/aromatic N) is 5. The van der Waals surface area contributed by atoms with Crippen LogP contribution in [0.1, 0.15) is 30.4 Å². The molecule has 5 atom stereocenters. The van der Waals surface area contributed by atoms with Gasteiger partial charge in [-0.1, -0.05) is 23.2 Å². The fraction of sp³-hybridized carbons (Fsp3) is 0.522. The summed E-state index contributed by atoms with van der Waals surface area (Å²) in [6, 6.07) is 1.96. The first-order chi connectivity index (χ1) is 17.2. The summed E-state index contributed by atoms with van der Waals surface area (Å²) in [4.78, 5) is 10.6. The Balaban J connectivity index is 1.22. The minimum Gasteiger partial charge on any atom is -0.377 e. The highest BCUT2D eigenvalue weighted by Gasteiger charge is 2.59. The number of hydrogen-bond acceptors (Lipinski definition) is 6. The number of fused-ring (bicyclic) bond motifs is 1. The van der Waals surface area contributed by atoms with Crippen molar-refractivity contribution in [2.75, 3.05) is 31.6 Å². The van der Waals surface area contributed by atoms with Gasteiger partial charge in [-0.25, -0.2) is 32.2 Å². The van der Waals surface area contributed by atoms with E-state index in [-0.39, 0.29) is 37.3 Å². The molecule has 2 aromatic heterocycles. The molecular formula is C23H22Cl2F4N6O. The Hall–Kier alpha value is -2.21. The Kier molecular flexibility index (Phi) is 6.01. The third-order valence-electron chi connectivity index (χ3n) is 7.19. The van der Waals surface area contributed by atoms with Gasteiger partial charge in [0.2, 0.25) is 5.95 Å². The number of aromatic nitrogens is 4. The molecule has 1 saturated carbocycles. The summed E-state index contributed by atoms with van der Waals surface area (Å²) in [5, 5.41) is 7.98. The first-order valence-corrected chi connectivity index (χ1v) is 12.4. The van der Waals surface area contributed by atoms with Gasteiger partial charge in [0.25, 0.3) is 5.92 Å². The van der Waals surface area contributed by atoms with Crippen LogP contribution in [0.2, 0.25) is 10.2 Å². The second-order valence-corrected chi connectivity index (χ2v) is 10.3. The maximum absolute atomic E-state index is 15.3. The summed E-state index contributed by atoms with van der Waals surface area (Å²) in [6.45, 7) is 0.959. The molecule has 192 valence electrons. The lowest BCUT2D eigenvalue weighted by Gasteiger charge is -2.38. The Labute approximate surface area is 213 Å². The van der Waals surface area contributed by atoms with Gasteiger partial charge in [0.15, 0.2) is 5.15 Å². The monoisotopic (exact) mass is 544 g/mol. The van der Waals surface area contributed by atoms with E-state index in [9.17, 15) is 13.2 Å². The average Bonchev–Trinajstić information content (AvgIpc) is 3.12. The molecule has 3 aromatic rings. The highest BCUT2D eigenvalue weighted by Crippen LogP contribution is 2.53. The molecule has 2 saturated heterocycles. The second-order valence-electron chi connectivity index (χ2n) is 9.55. The van der Waals surface area contributed by atoms with Gasteiger partial charge in [0.1, 0.15) is 18.4 Å². The van der Waals surface area contributed by atoms with Crippen molar-refractivity contribution in [1.29, 1.82) is 0 Å². The summed E-state index contributed by atoms with van der Waals surface area (Å²) in [5.41, 5.74) is 1.46. The van der Waals surface area contributed by atoms with Crippen molar-refractivity contribution in [2.24, 2.45) is 0 Å². The number of likely N-dealkylation sites (tertiary alicyclic amines) is 1. The van der Waals surface area contributed by atoms with E-state index < -0.39 is 36.3 Å². The molecule has 6 rings (SSSR count). The first kappa shape index (κ1) is 24.1. The number of anilines is 2. The summed E-state index contributed by atoms with van der Waals surface area (Å²) in [6.07, 6.45) is 0.738. The number of ether oxygens (including phenoxy) is 1. The van der Waals surface area contributed by atoms with E-state index in [0.29, 0.717) is 40.1 Å². The first-order valence-electron chi connectivity index (χ1n) is 11.7. The number of alkyl halides is 4. The molecule has 1 aliphatic carbocycles. The van der Waals surface area contributed by atoms with Gasteiger partial charge < -0.3 is 10.1 Å². The zero-order valence-corrected chi connectivity index (χ0v) is 20.4. The molecule has 0 bridgehead atoms. The number of benzene rings is 1. The molecule has 1 aromatic carbocycles. The average molecular weight is 545 g/mol. The molecule has 0 amide bonds. The van der Waals surface area contributed by atoms with Crippen LogP contribution in [0.5, 0.6) is 0 Å². The highest BCUT2D eigenvalue weighted by molar-refractivity contribution is 6.32. The third kappa shape index (κ3) is 4.29. The molecule has 1 N–H and O–H groups in total. The standard InChI is InChI=1S/C23H22Cl2F4N6O/c24-14-3-11-6-30-22(33-18-7-31-35(21(18)25)20-5-23(20,28)29)32-17(11)4-13(14)12-1-2-34(8-15(12)26)19-10-36-9-16(19)27/h3-4,6-7,12,15-16,19-20H,1-2,5,8-10H2,(H,30,32,33). The van der Waals surface area contributed by atoms with E-state index >= 15 is 4.39 Å². The van der Waals surface area contributed by atoms with Crippen LogP contribution >= 0.6 is 23.2 Å². The highest BCUT2D eigenvalue weighted by atomic mass is 35.5. The molecule has 0 spiro atoms. The SMILES string of the molecule is FC1CN(C2COCC2F)CCC1c1cc2nc(Nc3cnn(C4CC4(F)F)c3Cl)ncc2cc1Cl. The molecule has 3 fully saturated rings. The Morgan fingerprint density at radius 3 is 2.61 bits per heavy atom. The van der Waals surface area contributed by atoms with E-state index in [1.807, 2.05) is 4.90 Å². The third-order valence-corrected chi connectivity index (χ3v) is 7.90. The van der Waals surface area contributed by atoms with E-state index in [2.05, 4.69) is 20.4 Å². The lowest BCUT2D eigenvalue weighted by atomic mass is 9.86. The van der Waals surface area contributed by atoms with Crippen LogP contribution in [-0.4, -0.2) is 75.3 Å². The quantitative estimate of drug-likeness (QED) is 0.438. The van der Waals surface area contributed by atoms with Gasteiger partial charge in [-0.3, -0.25) is 4.90 Å². The molecular weight excluding hydrogens is 523 g/mol. The fourth-order valence-electron chi connectivity index (χ4n) is 5.08. The number of nitrogens with one attached hydrogen (secondary N) is 1. The van der Waals surface area contributed by atoms with Crippen LogP contribution in [0.4, 0.5) is 29.2 Å². The molecule has 7 nitrogen and oxygen atoms in total. The van der Waals surface area contributed by atoms with Crippen molar-refractivity contribution < 1.29 is 22.3 Å². The summed E-state index contributed by atoms with van der Waals surface area (Å²) < 4.78 is 62.5. The summed E-state index contributed by atoms with van der Waals surface area (Å²) >= 11 is 12.8. The topological polar surface area (TPSA) is 68.1 Å². The van der Waals surface area contributed by atoms with Crippen LogP contribution in [0.25, 0.3) is 10.9 Å². The minimum atomic E-state index is -2.81. The predicted octanol–water partition coefficient (Wildman–Crippen LogP) is 5.32. The van der Waals surface area contributed by atoms with Crippen molar-refractivity contribution in [1.82, 2.24) is 24.6 Å².